The molecule has 1 atom stereocenters. The van der Waals surface area contributed by atoms with Crippen LogP contribution in [-0.4, -0.2) is 5.11 Å². The first kappa shape index (κ1) is 9.91. The number of nitriles is 1. The number of hydrogen-bond acceptors (Lipinski definition) is 3. The summed E-state index contributed by atoms with van der Waals surface area (Å²) < 4.78 is 0. The topological polar surface area (TPSA) is 44.0 Å². The Morgan fingerprint density at radius 1 is 1.13 bits per heavy atom. The first-order chi connectivity index (χ1) is 7.31. The Morgan fingerprint density at radius 2 is 1.87 bits per heavy atom. The molecule has 0 aliphatic carbocycles. The fraction of sp³-hybridized carbons (Fsp3) is 0.0833. The molecule has 1 aromatic heterocycles. The first-order valence-corrected chi connectivity index (χ1v) is 5.46. The second-order valence-electron chi connectivity index (χ2n) is 3.17. The van der Waals surface area contributed by atoms with Gasteiger partial charge in [-0.15, -0.1) is 0 Å². The van der Waals surface area contributed by atoms with Crippen molar-refractivity contribution in [3.05, 3.63) is 46.7 Å². The number of aliphatic hydroxyl groups excluding tert-OH is 1. The third-order valence-corrected chi connectivity index (χ3v) is 2.89. The molecule has 15 heavy (non-hydrogen) atoms. The number of nitrogens with zero attached hydrogens (tertiary/aromatic N) is 1. The van der Waals surface area contributed by atoms with Gasteiger partial charge in [0, 0.05) is 0 Å². The molecule has 74 valence electrons. The van der Waals surface area contributed by atoms with Crippen LogP contribution < -0.4 is 0 Å². The quantitative estimate of drug-likeness (QED) is 0.783. The summed E-state index contributed by atoms with van der Waals surface area (Å²) in [5, 5.41) is 21.9. The molecule has 1 unspecified atom stereocenters. The second-order valence-corrected chi connectivity index (χ2v) is 3.95. The van der Waals surface area contributed by atoms with Crippen molar-refractivity contribution in [1.29, 1.82) is 5.26 Å². The van der Waals surface area contributed by atoms with Crippen LogP contribution in [0.3, 0.4) is 0 Å². The van der Waals surface area contributed by atoms with Gasteiger partial charge in [-0.05, 0) is 33.5 Å². The van der Waals surface area contributed by atoms with E-state index in [0.29, 0.717) is 5.56 Å². The monoisotopic (exact) mass is 215 g/mol. The molecule has 0 aliphatic heterocycles. The molecule has 2 aromatic rings. The fourth-order valence-electron chi connectivity index (χ4n) is 1.36. The molecule has 1 N–H and O–H groups in total. The zero-order valence-corrected chi connectivity index (χ0v) is 8.74. The lowest BCUT2D eigenvalue weighted by Crippen LogP contribution is -1.92. The van der Waals surface area contributed by atoms with Gasteiger partial charge in [-0.25, -0.2) is 0 Å². The van der Waals surface area contributed by atoms with E-state index in [2.05, 4.69) is 5.38 Å². The summed E-state index contributed by atoms with van der Waals surface area (Å²) in [5.41, 5.74) is 2.90. The lowest BCUT2D eigenvalue weighted by molar-refractivity contribution is 0.236. The minimum atomic E-state index is -1.03. The van der Waals surface area contributed by atoms with Gasteiger partial charge in [0.15, 0.2) is 6.10 Å². The summed E-state index contributed by atoms with van der Waals surface area (Å²) in [4.78, 5) is 0. The third kappa shape index (κ3) is 2.07. The SMILES string of the molecule is N#CC(O)c1ccc(-c2ccsc2)cc1. The predicted octanol–water partition coefficient (Wildman–Crippen LogP) is 2.97. The normalized spacial score (nSPS) is 12.0. The fourth-order valence-corrected chi connectivity index (χ4v) is 2.03. The molecule has 1 heterocycles. The van der Waals surface area contributed by atoms with Crippen molar-refractivity contribution in [1.82, 2.24) is 0 Å². The molecule has 3 heteroatoms. The molecule has 0 amide bonds. The summed E-state index contributed by atoms with van der Waals surface area (Å²) in [6, 6.07) is 11.2. The van der Waals surface area contributed by atoms with Crippen LogP contribution in [0.2, 0.25) is 0 Å². The zero-order valence-electron chi connectivity index (χ0n) is 7.92. The highest BCUT2D eigenvalue weighted by molar-refractivity contribution is 7.08. The van der Waals surface area contributed by atoms with E-state index in [9.17, 15) is 5.11 Å². The maximum atomic E-state index is 9.29. The smallest absolute Gasteiger partial charge is 0.165 e. The van der Waals surface area contributed by atoms with E-state index in [1.165, 1.54) is 0 Å². The molecular weight excluding hydrogens is 206 g/mol. The van der Waals surface area contributed by atoms with E-state index in [4.69, 9.17) is 5.26 Å². The largest absolute Gasteiger partial charge is 0.374 e. The zero-order chi connectivity index (χ0) is 10.7. The summed E-state index contributed by atoms with van der Waals surface area (Å²) in [6.45, 7) is 0. The summed E-state index contributed by atoms with van der Waals surface area (Å²) >= 11 is 1.65. The van der Waals surface area contributed by atoms with Crippen LogP contribution in [0.4, 0.5) is 0 Å². The Morgan fingerprint density at radius 3 is 2.40 bits per heavy atom. The molecule has 0 saturated heterocycles. The Hall–Kier alpha value is -1.63. The Balaban J connectivity index is 2.30. The van der Waals surface area contributed by atoms with Crippen LogP contribution in [-0.2, 0) is 0 Å². The number of aliphatic hydroxyl groups is 1. The third-order valence-electron chi connectivity index (χ3n) is 2.20. The minimum absolute atomic E-state index is 0.636. The highest BCUT2D eigenvalue weighted by Crippen LogP contribution is 2.23. The van der Waals surface area contributed by atoms with Crippen LogP contribution in [0.5, 0.6) is 0 Å². The van der Waals surface area contributed by atoms with Crippen LogP contribution in [0, 0.1) is 11.3 Å². The lowest BCUT2D eigenvalue weighted by atomic mass is 10.0. The van der Waals surface area contributed by atoms with E-state index in [0.717, 1.165) is 11.1 Å². The maximum absolute atomic E-state index is 9.29. The maximum Gasteiger partial charge on any atom is 0.165 e. The predicted molar refractivity (Wildman–Crippen MR) is 60.3 cm³/mol. The summed E-state index contributed by atoms with van der Waals surface area (Å²) in [5.74, 6) is 0. The average molecular weight is 215 g/mol. The van der Waals surface area contributed by atoms with E-state index >= 15 is 0 Å². The molecule has 0 aliphatic rings. The molecule has 2 rings (SSSR count). The summed E-state index contributed by atoms with van der Waals surface area (Å²) in [7, 11) is 0. The number of hydrogen-bond donors (Lipinski definition) is 1. The van der Waals surface area contributed by atoms with Gasteiger partial charge in [0.2, 0.25) is 0 Å². The van der Waals surface area contributed by atoms with Gasteiger partial charge in [0.25, 0.3) is 0 Å². The number of thiophene rings is 1. The van der Waals surface area contributed by atoms with Crippen molar-refractivity contribution in [3.8, 4) is 17.2 Å². The second kappa shape index (κ2) is 4.26. The van der Waals surface area contributed by atoms with Crippen LogP contribution in [0.15, 0.2) is 41.1 Å². The van der Waals surface area contributed by atoms with Gasteiger partial charge in [0.05, 0.1) is 6.07 Å². The molecule has 0 fully saturated rings. The first-order valence-electron chi connectivity index (χ1n) is 4.51. The Kier molecular flexibility index (Phi) is 2.82. The van der Waals surface area contributed by atoms with Crippen molar-refractivity contribution < 1.29 is 5.11 Å². The molecule has 1 aromatic carbocycles. The Bertz CT molecular complexity index is 467. The highest BCUT2D eigenvalue weighted by Gasteiger charge is 2.05. The molecule has 0 bridgehead atoms. The van der Waals surface area contributed by atoms with Crippen LogP contribution in [0.1, 0.15) is 11.7 Å². The molecule has 0 saturated carbocycles. The van der Waals surface area contributed by atoms with Crippen molar-refractivity contribution >= 4 is 11.3 Å². The van der Waals surface area contributed by atoms with Gasteiger partial charge in [-0.1, -0.05) is 24.3 Å². The van der Waals surface area contributed by atoms with Gasteiger partial charge in [-0.3, -0.25) is 0 Å². The van der Waals surface area contributed by atoms with Crippen molar-refractivity contribution in [2.45, 2.75) is 6.10 Å². The van der Waals surface area contributed by atoms with Gasteiger partial charge >= 0.3 is 0 Å². The van der Waals surface area contributed by atoms with E-state index < -0.39 is 6.10 Å². The Labute approximate surface area is 92.0 Å². The van der Waals surface area contributed by atoms with Crippen LogP contribution >= 0.6 is 11.3 Å². The van der Waals surface area contributed by atoms with Crippen LogP contribution in [0.25, 0.3) is 11.1 Å². The van der Waals surface area contributed by atoms with E-state index in [1.54, 1.807) is 29.5 Å². The summed E-state index contributed by atoms with van der Waals surface area (Å²) in [6.07, 6.45) is -1.03. The number of benzene rings is 1. The van der Waals surface area contributed by atoms with Gasteiger partial charge in [0.1, 0.15) is 0 Å². The number of rotatable bonds is 2. The molecule has 0 radical (unpaired) electrons. The van der Waals surface area contributed by atoms with Gasteiger partial charge in [-0.2, -0.15) is 16.6 Å². The van der Waals surface area contributed by atoms with Crippen molar-refractivity contribution in [2.24, 2.45) is 0 Å². The molecule has 0 spiro atoms. The molecular formula is C12H9NOS. The lowest BCUT2D eigenvalue weighted by Gasteiger charge is -2.03. The van der Waals surface area contributed by atoms with Crippen molar-refractivity contribution in [3.63, 3.8) is 0 Å². The van der Waals surface area contributed by atoms with Gasteiger partial charge < -0.3 is 5.11 Å². The van der Waals surface area contributed by atoms with Crippen molar-refractivity contribution in [2.75, 3.05) is 0 Å². The van der Waals surface area contributed by atoms with E-state index in [-0.39, 0.29) is 0 Å². The van der Waals surface area contributed by atoms with E-state index in [1.807, 2.05) is 23.6 Å². The average Bonchev–Trinajstić information content (AvgIpc) is 2.82. The molecule has 2 nitrogen and oxygen atoms in total. The standard InChI is InChI=1S/C12H9NOS/c13-7-12(14)10-3-1-9(2-4-10)11-5-6-15-8-11/h1-6,8,12,14H. The minimum Gasteiger partial charge on any atom is -0.374 e. The highest BCUT2D eigenvalue weighted by atomic mass is 32.1.